The van der Waals surface area contributed by atoms with E-state index in [4.69, 9.17) is 28.9 Å². The average Bonchev–Trinajstić information content (AvgIpc) is 2.27. The minimum atomic E-state index is -3.22. The summed E-state index contributed by atoms with van der Waals surface area (Å²) in [6.45, 7) is -0.0204. The number of rotatable bonds is 3. The highest BCUT2D eigenvalue weighted by Gasteiger charge is 2.24. The van der Waals surface area contributed by atoms with Gasteiger partial charge < -0.3 is 5.73 Å². The summed E-state index contributed by atoms with van der Waals surface area (Å²) in [5.41, 5.74) is 5.30. The molecule has 13 heavy (non-hydrogen) atoms. The number of nitrogens with two attached hydrogens (primary N) is 1. The number of aromatic nitrogens is 2. The van der Waals surface area contributed by atoms with Crippen molar-refractivity contribution < 1.29 is 8.78 Å². The van der Waals surface area contributed by atoms with Crippen molar-refractivity contribution in [2.45, 2.75) is 18.3 Å². The SMILES string of the molecule is Nc1nn(CCC(F)(F)Cl)cc1Cl. The van der Waals surface area contributed by atoms with Crippen molar-refractivity contribution in [2.75, 3.05) is 5.73 Å². The first kappa shape index (κ1) is 10.5. The number of alkyl halides is 3. The van der Waals surface area contributed by atoms with Gasteiger partial charge in [0.2, 0.25) is 0 Å². The molecule has 0 aliphatic carbocycles. The van der Waals surface area contributed by atoms with Crippen molar-refractivity contribution in [3.05, 3.63) is 11.2 Å². The smallest absolute Gasteiger partial charge is 0.323 e. The molecule has 0 aromatic carbocycles. The molecule has 0 spiro atoms. The Labute approximate surface area is 83.4 Å². The fourth-order valence-electron chi connectivity index (χ4n) is 0.768. The fourth-order valence-corrected chi connectivity index (χ4v) is 1.00. The second kappa shape index (κ2) is 3.67. The Kier molecular flexibility index (Phi) is 2.98. The Morgan fingerprint density at radius 1 is 1.62 bits per heavy atom. The minimum absolute atomic E-state index is 0.0204. The molecule has 0 amide bonds. The molecule has 0 atom stereocenters. The van der Waals surface area contributed by atoms with Crippen LogP contribution in [0.3, 0.4) is 0 Å². The molecule has 0 saturated carbocycles. The molecule has 74 valence electrons. The van der Waals surface area contributed by atoms with Crippen molar-refractivity contribution in [2.24, 2.45) is 0 Å². The van der Waals surface area contributed by atoms with Crippen LogP contribution in [0.25, 0.3) is 0 Å². The lowest BCUT2D eigenvalue weighted by Crippen LogP contribution is -2.11. The molecular weight excluding hydrogens is 223 g/mol. The summed E-state index contributed by atoms with van der Waals surface area (Å²) in [6, 6.07) is 0. The first-order chi connectivity index (χ1) is 5.88. The van der Waals surface area contributed by atoms with Crippen LogP contribution in [0, 0.1) is 0 Å². The molecule has 1 heterocycles. The predicted molar refractivity (Wildman–Crippen MR) is 47.1 cm³/mol. The number of halogens is 4. The highest BCUT2D eigenvalue weighted by Crippen LogP contribution is 2.24. The van der Waals surface area contributed by atoms with Crippen LogP contribution < -0.4 is 5.73 Å². The molecule has 0 aliphatic rings. The summed E-state index contributed by atoms with van der Waals surface area (Å²) in [4.78, 5) is 0. The molecule has 0 unspecified atom stereocenters. The number of nitrogens with zero attached hydrogens (tertiary/aromatic N) is 2. The van der Waals surface area contributed by atoms with Gasteiger partial charge in [-0.1, -0.05) is 11.6 Å². The normalized spacial score (nSPS) is 12.0. The van der Waals surface area contributed by atoms with Gasteiger partial charge in [0.05, 0.1) is 0 Å². The molecule has 0 bridgehead atoms. The molecule has 1 aromatic rings. The summed E-state index contributed by atoms with van der Waals surface area (Å²) >= 11 is 10.2. The van der Waals surface area contributed by atoms with E-state index < -0.39 is 11.8 Å². The third kappa shape index (κ3) is 3.36. The number of anilines is 1. The van der Waals surface area contributed by atoms with Crippen LogP contribution >= 0.6 is 23.2 Å². The molecule has 0 aliphatic heterocycles. The van der Waals surface area contributed by atoms with Crippen molar-refractivity contribution in [1.82, 2.24) is 9.78 Å². The van der Waals surface area contributed by atoms with Crippen LogP contribution in [0.1, 0.15) is 6.42 Å². The van der Waals surface area contributed by atoms with E-state index in [1.54, 1.807) is 0 Å². The van der Waals surface area contributed by atoms with Crippen LogP contribution in [-0.2, 0) is 6.54 Å². The molecule has 1 rings (SSSR count). The zero-order valence-corrected chi connectivity index (χ0v) is 7.99. The van der Waals surface area contributed by atoms with E-state index >= 15 is 0 Å². The van der Waals surface area contributed by atoms with Crippen molar-refractivity contribution in [3.63, 3.8) is 0 Å². The lowest BCUT2D eigenvalue weighted by atomic mass is 10.4. The summed E-state index contributed by atoms with van der Waals surface area (Å²) < 4.78 is 25.6. The monoisotopic (exact) mass is 229 g/mol. The summed E-state index contributed by atoms with van der Waals surface area (Å²) in [6.07, 6.45) is 0.867. The minimum Gasteiger partial charge on any atom is -0.381 e. The van der Waals surface area contributed by atoms with Gasteiger partial charge in [-0.25, -0.2) is 0 Å². The van der Waals surface area contributed by atoms with Crippen molar-refractivity contribution in [1.29, 1.82) is 0 Å². The zero-order chi connectivity index (χ0) is 10.1. The number of aryl methyl sites for hydroxylation is 1. The summed E-state index contributed by atoms with van der Waals surface area (Å²) in [7, 11) is 0. The maximum atomic E-state index is 12.2. The standard InChI is InChI=1S/C6H7Cl2F2N3/c7-4-3-13(12-5(4)11)2-1-6(8,9)10/h3H,1-2H2,(H2,11,12). The largest absolute Gasteiger partial charge is 0.381 e. The van der Waals surface area contributed by atoms with Gasteiger partial charge in [0.15, 0.2) is 5.82 Å². The van der Waals surface area contributed by atoms with Crippen LogP contribution in [-0.4, -0.2) is 15.2 Å². The molecule has 2 N–H and O–H groups in total. The van der Waals surface area contributed by atoms with Gasteiger partial charge in [0.1, 0.15) is 5.02 Å². The van der Waals surface area contributed by atoms with Gasteiger partial charge in [0.25, 0.3) is 0 Å². The fraction of sp³-hybridized carbons (Fsp3) is 0.500. The van der Waals surface area contributed by atoms with Gasteiger partial charge in [-0.15, -0.1) is 0 Å². The lowest BCUT2D eigenvalue weighted by Gasteiger charge is -2.06. The van der Waals surface area contributed by atoms with Gasteiger partial charge in [-0.2, -0.15) is 13.9 Å². The molecule has 1 aromatic heterocycles. The van der Waals surface area contributed by atoms with Gasteiger partial charge >= 0.3 is 5.38 Å². The molecular formula is C6H7Cl2F2N3. The van der Waals surface area contributed by atoms with E-state index in [1.165, 1.54) is 10.9 Å². The van der Waals surface area contributed by atoms with Crippen molar-refractivity contribution in [3.8, 4) is 0 Å². The Bertz CT molecular complexity index is 275. The molecule has 7 heteroatoms. The van der Waals surface area contributed by atoms with E-state index in [0.29, 0.717) is 0 Å². The van der Waals surface area contributed by atoms with Crippen LogP contribution in [0.5, 0.6) is 0 Å². The van der Waals surface area contributed by atoms with Crippen LogP contribution in [0.2, 0.25) is 5.02 Å². The molecule has 0 fully saturated rings. The maximum Gasteiger partial charge on any atom is 0.323 e. The van der Waals surface area contributed by atoms with E-state index in [-0.39, 0.29) is 17.4 Å². The van der Waals surface area contributed by atoms with E-state index in [2.05, 4.69) is 5.10 Å². The Balaban J connectivity index is 2.56. The zero-order valence-electron chi connectivity index (χ0n) is 6.48. The summed E-state index contributed by atoms with van der Waals surface area (Å²) in [5.74, 6) is 0.125. The number of hydrogen-bond acceptors (Lipinski definition) is 2. The Hall–Kier alpha value is -0.550. The van der Waals surface area contributed by atoms with Crippen LogP contribution in [0.4, 0.5) is 14.6 Å². The first-order valence-electron chi connectivity index (χ1n) is 3.43. The van der Waals surface area contributed by atoms with E-state index in [1.807, 2.05) is 0 Å². The molecule has 0 radical (unpaired) electrons. The second-order valence-corrected chi connectivity index (χ2v) is 3.45. The van der Waals surface area contributed by atoms with E-state index in [0.717, 1.165) is 0 Å². The Morgan fingerprint density at radius 2 is 2.23 bits per heavy atom. The van der Waals surface area contributed by atoms with Gasteiger partial charge in [-0.05, 0) is 11.6 Å². The number of nitrogen functional groups attached to an aromatic ring is 1. The van der Waals surface area contributed by atoms with Crippen molar-refractivity contribution >= 4 is 29.0 Å². The maximum absolute atomic E-state index is 12.2. The Morgan fingerprint density at radius 3 is 2.62 bits per heavy atom. The number of hydrogen-bond donors (Lipinski definition) is 1. The third-order valence-electron chi connectivity index (χ3n) is 1.37. The first-order valence-corrected chi connectivity index (χ1v) is 4.19. The molecule has 0 saturated heterocycles. The predicted octanol–water partition coefficient (Wildman–Crippen LogP) is 2.34. The second-order valence-electron chi connectivity index (χ2n) is 2.49. The lowest BCUT2D eigenvalue weighted by molar-refractivity contribution is 0.0796. The quantitative estimate of drug-likeness (QED) is 0.810. The van der Waals surface area contributed by atoms with Crippen LogP contribution in [0.15, 0.2) is 6.20 Å². The summed E-state index contributed by atoms with van der Waals surface area (Å²) in [5, 5.41) is 0.717. The van der Waals surface area contributed by atoms with E-state index in [9.17, 15) is 8.78 Å². The topological polar surface area (TPSA) is 43.8 Å². The molecule has 3 nitrogen and oxygen atoms in total. The average molecular weight is 230 g/mol. The highest BCUT2D eigenvalue weighted by atomic mass is 35.5. The third-order valence-corrected chi connectivity index (χ3v) is 1.85. The van der Waals surface area contributed by atoms with Gasteiger partial charge in [-0.3, -0.25) is 4.68 Å². The highest BCUT2D eigenvalue weighted by molar-refractivity contribution is 6.32. The van der Waals surface area contributed by atoms with Gasteiger partial charge in [0, 0.05) is 19.2 Å².